The highest BCUT2D eigenvalue weighted by molar-refractivity contribution is 6.33. The van der Waals surface area contributed by atoms with Crippen LogP contribution in [-0.2, 0) is 0 Å². The molecule has 2 nitrogen and oxygen atoms in total. The Kier molecular flexibility index (Phi) is 2.34. The van der Waals surface area contributed by atoms with E-state index in [0.29, 0.717) is 16.4 Å². The Labute approximate surface area is 102 Å². The van der Waals surface area contributed by atoms with E-state index >= 15 is 0 Å². The predicted molar refractivity (Wildman–Crippen MR) is 65.6 cm³/mol. The van der Waals surface area contributed by atoms with Gasteiger partial charge >= 0.3 is 0 Å². The van der Waals surface area contributed by atoms with Crippen LogP contribution in [0.3, 0.4) is 0 Å². The summed E-state index contributed by atoms with van der Waals surface area (Å²) in [7, 11) is 0. The monoisotopic (exact) mass is 246 g/mol. The maximum atomic E-state index is 13.1. The van der Waals surface area contributed by atoms with Crippen LogP contribution in [0.25, 0.3) is 16.9 Å². The van der Waals surface area contributed by atoms with Gasteiger partial charge in [-0.3, -0.25) is 0 Å². The van der Waals surface area contributed by atoms with Gasteiger partial charge in [-0.25, -0.2) is 9.37 Å². The Morgan fingerprint density at radius 2 is 2.06 bits per heavy atom. The SMILES string of the molecule is Fc1cccc(-c2cn3cccc(Cl)c3n2)c1. The number of hydrogen-bond donors (Lipinski definition) is 0. The fourth-order valence-electron chi connectivity index (χ4n) is 1.77. The number of imidazole rings is 1. The minimum absolute atomic E-state index is 0.273. The number of benzene rings is 1. The zero-order chi connectivity index (χ0) is 11.8. The molecule has 1 aromatic carbocycles. The van der Waals surface area contributed by atoms with Crippen molar-refractivity contribution in [1.29, 1.82) is 0 Å². The molecule has 17 heavy (non-hydrogen) atoms. The van der Waals surface area contributed by atoms with E-state index in [9.17, 15) is 4.39 Å². The van der Waals surface area contributed by atoms with E-state index in [4.69, 9.17) is 11.6 Å². The molecule has 0 radical (unpaired) electrons. The molecule has 4 heteroatoms. The molecule has 0 fully saturated rings. The third-order valence-electron chi connectivity index (χ3n) is 2.56. The van der Waals surface area contributed by atoms with Crippen molar-refractivity contribution in [1.82, 2.24) is 9.38 Å². The second-order valence-corrected chi connectivity index (χ2v) is 4.13. The Balaban J connectivity index is 2.22. The lowest BCUT2D eigenvalue weighted by Gasteiger charge is -1.94. The van der Waals surface area contributed by atoms with Gasteiger partial charge in [-0.05, 0) is 24.3 Å². The van der Waals surface area contributed by atoms with Crippen molar-refractivity contribution >= 4 is 17.2 Å². The lowest BCUT2D eigenvalue weighted by atomic mass is 10.2. The molecule has 0 saturated heterocycles. The van der Waals surface area contributed by atoms with Crippen molar-refractivity contribution in [2.24, 2.45) is 0 Å². The number of hydrogen-bond acceptors (Lipinski definition) is 1. The van der Waals surface area contributed by atoms with Crippen LogP contribution in [-0.4, -0.2) is 9.38 Å². The number of fused-ring (bicyclic) bond motifs is 1. The van der Waals surface area contributed by atoms with E-state index in [-0.39, 0.29) is 5.82 Å². The van der Waals surface area contributed by atoms with Gasteiger partial charge in [0.25, 0.3) is 0 Å². The molecular weight excluding hydrogens is 239 g/mol. The molecule has 3 rings (SSSR count). The van der Waals surface area contributed by atoms with Crippen molar-refractivity contribution < 1.29 is 4.39 Å². The summed E-state index contributed by atoms with van der Waals surface area (Å²) in [5, 5.41) is 0.579. The topological polar surface area (TPSA) is 17.3 Å². The molecule has 2 heterocycles. The van der Waals surface area contributed by atoms with E-state index in [1.54, 1.807) is 12.1 Å². The molecule has 3 aromatic rings. The molecule has 84 valence electrons. The number of aromatic nitrogens is 2. The van der Waals surface area contributed by atoms with Crippen LogP contribution in [0.1, 0.15) is 0 Å². The van der Waals surface area contributed by atoms with Gasteiger partial charge in [-0.2, -0.15) is 0 Å². The number of pyridine rings is 1. The van der Waals surface area contributed by atoms with E-state index in [1.165, 1.54) is 12.1 Å². The fourth-order valence-corrected chi connectivity index (χ4v) is 1.98. The Hall–Kier alpha value is -1.87. The van der Waals surface area contributed by atoms with Crippen molar-refractivity contribution in [2.75, 3.05) is 0 Å². The maximum Gasteiger partial charge on any atom is 0.156 e. The average Bonchev–Trinajstić information content (AvgIpc) is 2.74. The highest BCUT2D eigenvalue weighted by Gasteiger charge is 2.07. The van der Waals surface area contributed by atoms with Crippen molar-refractivity contribution in [3.8, 4) is 11.3 Å². The van der Waals surface area contributed by atoms with Crippen LogP contribution in [0.4, 0.5) is 4.39 Å². The van der Waals surface area contributed by atoms with Crippen molar-refractivity contribution in [2.45, 2.75) is 0 Å². The smallest absolute Gasteiger partial charge is 0.156 e. The summed E-state index contributed by atoms with van der Waals surface area (Å²) < 4.78 is 14.9. The third-order valence-corrected chi connectivity index (χ3v) is 2.85. The summed E-state index contributed by atoms with van der Waals surface area (Å²) in [4.78, 5) is 4.39. The molecule has 0 aliphatic carbocycles. The van der Waals surface area contributed by atoms with Crippen LogP contribution >= 0.6 is 11.6 Å². The Morgan fingerprint density at radius 1 is 1.18 bits per heavy atom. The number of halogens is 2. The molecular formula is C13H8ClFN2. The summed E-state index contributed by atoms with van der Waals surface area (Å²) in [5.41, 5.74) is 2.12. The normalized spacial score (nSPS) is 10.9. The largest absolute Gasteiger partial charge is 0.305 e. The summed E-state index contributed by atoms with van der Waals surface area (Å²) in [5.74, 6) is -0.273. The molecule has 0 aliphatic rings. The van der Waals surface area contributed by atoms with Crippen LogP contribution < -0.4 is 0 Å². The highest BCUT2D eigenvalue weighted by atomic mass is 35.5. The standard InChI is InChI=1S/C13H8ClFN2/c14-11-5-2-6-17-8-12(16-13(11)17)9-3-1-4-10(15)7-9/h1-8H. The van der Waals surface area contributed by atoms with E-state index in [1.807, 2.05) is 28.9 Å². The van der Waals surface area contributed by atoms with Crippen LogP contribution in [0.2, 0.25) is 5.02 Å². The molecule has 0 spiro atoms. The molecule has 0 unspecified atom stereocenters. The third kappa shape index (κ3) is 1.78. The second-order valence-electron chi connectivity index (χ2n) is 3.72. The minimum atomic E-state index is -0.273. The zero-order valence-electron chi connectivity index (χ0n) is 8.77. The fraction of sp³-hybridized carbons (Fsp3) is 0. The predicted octanol–water partition coefficient (Wildman–Crippen LogP) is 3.79. The van der Waals surface area contributed by atoms with E-state index in [2.05, 4.69) is 4.98 Å². The first-order chi connectivity index (χ1) is 8.24. The summed E-state index contributed by atoms with van der Waals surface area (Å²) >= 11 is 6.03. The van der Waals surface area contributed by atoms with Gasteiger partial charge < -0.3 is 4.40 Å². The minimum Gasteiger partial charge on any atom is -0.305 e. The van der Waals surface area contributed by atoms with Gasteiger partial charge in [0.1, 0.15) is 5.82 Å². The summed E-state index contributed by atoms with van der Waals surface area (Å²) in [6.07, 6.45) is 3.69. The molecule has 0 aliphatic heterocycles. The summed E-state index contributed by atoms with van der Waals surface area (Å²) in [6, 6.07) is 9.96. The maximum absolute atomic E-state index is 13.1. The Bertz CT molecular complexity index is 691. The second kappa shape index (κ2) is 3.86. The van der Waals surface area contributed by atoms with Crippen LogP contribution in [0.5, 0.6) is 0 Å². The van der Waals surface area contributed by atoms with Gasteiger partial charge in [0.2, 0.25) is 0 Å². The van der Waals surface area contributed by atoms with Gasteiger partial charge in [-0.1, -0.05) is 23.7 Å². The van der Waals surface area contributed by atoms with Crippen molar-refractivity contribution in [3.63, 3.8) is 0 Å². The summed E-state index contributed by atoms with van der Waals surface area (Å²) in [6.45, 7) is 0. The molecule has 2 aromatic heterocycles. The van der Waals surface area contributed by atoms with Gasteiger partial charge in [0, 0.05) is 18.0 Å². The van der Waals surface area contributed by atoms with E-state index in [0.717, 1.165) is 5.56 Å². The lowest BCUT2D eigenvalue weighted by Crippen LogP contribution is -1.80. The van der Waals surface area contributed by atoms with E-state index < -0.39 is 0 Å². The van der Waals surface area contributed by atoms with Crippen LogP contribution in [0.15, 0.2) is 48.8 Å². The number of nitrogens with zero attached hydrogens (tertiary/aromatic N) is 2. The zero-order valence-corrected chi connectivity index (χ0v) is 9.53. The lowest BCUT2D eigenvalue weighted by molar-refractivity contribution is 0.628. The van der Waals surface area contributed by atoms with Gasteiger partial charge in [-0.15, -0.1) is 0 Å². The Morgan fingerprint density at radius 3 is 2.82 bits per heavy atom. The molecule has 0 bridgehead atoms. The molecule has 0 saturated carbocycles. The molecule has 0 N–H and O–H groups in total. The van der Waals surface area contributed by atoms with Crippen LogP contribution in [0, 0.1) is 5.82 Å². The van der Waals surface area contributed by atoms with Gasteiger partial charge in [0.15, 0.2) is 5.65 Å². The van der Waals surface area contributed by atoms with Gasteiger partial charge in [0.05, 0.1) is 10.7 Å². The highest BCUT2D eigenvalue weighted by Crippen LogP contribution is 2.23. The first-order valence-electron chi connectivity index (χ1n) is 5.13. The van der Waals surface area contributed by atoms with Crippen molar-refractivity contribution in [3.05, 3.63) is 59.6 Å². The molecule has 0 amide bonds. The average molecular weight is 247 g/mol. The first-order valence-corrected chi connectivity index (χ1v) is 5.51. The quantitative estimate of drug-likeness (QED) is 0.639. The number of rotatable bonds is 1. The molecule has 0 atom stereocenters. The first kappa shape index (κ1) is 10.3.